The van der Waals surface area contributed by atoms with E-state index in [1.807, 2.05) is 6.07 Å². The maximum atomic E-state index is 6.51. The van der Waals surface area contributed by atoms with Crippen LogP contribution in [0.3, 0.4) is 0 Å². The second-order valence-corrected chi connectivity index (χ2v) is 13.6. The van der Waals surface area contributed by atoms with E-state index in [1.165, 1.54) is 38.4 Å². The molecule has 0 saturated carbocycles. The van der Waals surface area contributed by atoms with E-state index in [2.05, 4.69) is 205 Å². The summed E-state index contributed by atoms with van der Waals surface area (Å²) in [5, 5.41) is 4.84. The lowest BCUT2D eigenvalue weighted by Crippen LogP contribution is -2.10. The van der Waals surface area contributed by atoms with Crippen LogP contribution in [0.25, 0.3) is 77.5 Å². The highest BCUT2D eigenvalue weighted by atomic mass is 16.3. The van der Waals surface area contributed by atoms with E-state index in [1.54, 1.807) is 0 Å². The molecule has 0 amide bonds. The lowest BCUT2D eigenvalue weighted by atomic mass is 10.0. The first-order chi connectivity index (χ1) is 26.7. The van der Waals surface area contributed by atoms with Gasteiger partial charge in [0.1, 0.15) is 5.52 Å². The highest BCUT2D eigenvalue weighted by Gasteiger charge is 2.17. The Kier molecular flexibility index (Phi) is 7.81. The number of rotatable bonds is 7. The van der Waals surface area contributed by atoms with Crippen molar-refractivity contribution in [3.05, 3.63) is 206 Å². The van der Waals surface area contributed by atoms with E-state index in [0.717, 1.165) is 50.2 Å². The van der Waals surface area contributed by atoms with E-state index in [4.69, 9.17) is 9.40 Å². The third-order valence-corrected chi connectivity index (χ3v) is 10.3. The zero-order valence-corrected chi connectivity index (χ0v) is 29.4. The van der Waals surface area contributed by atoms with Crippen molar-refractivity contribution in [2.75, 3.05) is 4.90 Å². The van der Waals surface area contributed by atoms with Gasteiger partial charge in [-0.2, -0.15) is 0 Å². The van der Waals surface area contributed by atoms with Gasteiger partial charge < -0.3 is 9.32 Å². The van der Waals surface area contributed by atoms with Crippen molar-refractivity contribution in [2.45, 2.75) is 0 Å². The van der Waals surface area contributed by atoms with Gasteiger partial charge in [-0.3, -0.25) is 0 Å². The predicted octanol–water partition coefficient (Wildman–Crippen LogP) is 14.3. The van der Waals surface area contributed by atoms with E-state index in [0.29, 0.717) is 5.89 Å². The number of fused-ring (bicyclic) bond motifs is 3. The molecule has 3 heteroatoms. The first kappa shape index (κ1) is 31.5. The van der Waals surface area contributed by atoms with Gasteiger partial charge in [-0.05, 0) is 110 Å². The smallest absolute Gasteiger partial charge is 0.227 e. The Morgan fingerprint density at radius 3 is 1.56 bits per heavy atom. The van der Waals surface area contributed by atoms with Crippen LogP contribution in [0.4, 0.5) is 17.1 Å². The summed E-state index contributed by atoms with van der Waals surface area (Å²) in [4.78, 5) is 7.23. The minimum atomic E-state index is 0.622. The molecule has 0 fully saturated rings. The summed E-state index contributed by atoms with van der Waals surface area (Å²) in [6, 6.07) is 73.0. The molecule has 3 nitrogen and oxygen atoms in total. The summed E-state index contributed by atoms with van der Waals surface area (Å²) >= 11 is 0. The molecule has 9 aromatic carbocycles. The first-order valence-electron chi connectivity index (χ1n) is 18.3. The molecular weight excluding hydrogens is 657 g/mol. The van der Waals surface area contributed by atoms with Crippen molar-refractivity contribution in [1.29, 1.82) is 0 Å². The summed E-state index contributed by atoms with van der Waals surface area (Å²) in [7, 11) is 0. The number of anilines is 3. The number of oxazole rings is 1. The fourth-order valence-electron chi connectivity index (χ4n) is 7.49. The normalized spacial score (nSPS) is 11.3. The van der Waals surface area contributed by atoms with Crippen LogP contribution in [0, 0.1) is 0 Å². The second kappa shape index (κ2) is 13.4. The molecule has 1 heterocycles. The van der Waals surface area contributed by atoms with Crippen molar-refractivity contribution >= 4 is 49.7 Å². The van der Waals surface area contributed by atoms with Gasteiger partial charge in [-0.1, -0.05) is 146 Å². The van der Waals surface area contributed by atoms with Gasteiger partial charge >= 0.3 is 0 Å². The van der Waals surface area contributed by atoms with Crippen molar-refractivity contribution < 1.29 is 4.42 Å². The summed E-state index contributed by atoms with van der Waals surface area (Å²) in [6.07, 6.45) is 0. The number of benzene rings is 9. The summed E-state index contributed by atoms with van der Waals surface area (Å²) in [5.74, 6) is 0.622. The van der Waals surface area contributed by atoms with Crippen molar-refractivity contribution in [1.82, 2.24) is 4.98 Å². The summed E-state index contributed by atoms with van der Waals surface area (Å²) in [6.45, 7) is 0. The van der Waals surface area contributed by atoms with Crippen molar-refractivity contribution in [3.63, 3.8) is 0 Å². The molecule has 0 atom stereocenters. The summed E-state index contributed by atoms with van der Waals surface area (Å²) < 4.78 is 6.51. The van der Waals surface area contributed by atoms with Gasteiger partial charge in [-0.25, -0.2) is 4.98 Å². The van der Waals surface area contributed by atoms with Crippen LogP contribution in [-0.4, -0.2) is 4.98 Å². The topological polar surface area (TPSA) is 29.3 Å². The fraction of sp³-hybridized carbons (Fsp3) is 0. The third-order valence-electron chi connectivity index (χ3n) is 10.3. The Bertz CT molecular complexity index is 2930. The van der Waals surface area contributed by atoms with Gasteiger partial charge in [0.25, 0.3) is 0 Å². The maximum absolute atomic E-state index is 6.51. The SMILES string of the molecule is c1ccc(-c2cccc(N(c3ccc(-c4ccc5ccccc5c4)cc3)c3ccc(-c4cccc5nc(-c6ccc7ccccc7c6)oc45)cc3)c2)cc1. The lowest BCUT2D eigenvalue weighted by molar-refractivity contribution is 0.621. The highest BCUT2D eigenvalue weighted by Crippen LogP contribution is 2.40. The third kappa shape index (κ3) is 5.88. The molecule has 1 aromatic heterocycles. The van der Waals surface area contributed by atoms with Gasteiger partial charge in [0, 0.05) is 28.2 Å². The first-order valence-corrected chi connectivity index (χ1v) is 18.3. The molecule has 0 N–H and O–H groups in total. The molecule has 0 aliphatic rings. The second-order valence-electron chi connectivity index (χ2n) is 13.6. The number of hydrogen-bond donors (Lipinski definition) is 0. The molecule has 54 heavy (non-hydrogen) atoms. The molecule has 0 spiro atoms. The quantitative estimate of drug-likeness (QED) is 0.167. The largest absolute Gasteiger partial charge is 0.435 e. The van der Waals surface area contributed by atoms with Crippen LogP contribution < -0.4 is 4.90 Å². The number of hydrogen-bond acceptors (Lipinski definition) is 3. The molecule has 0 saturated heterocycles. The minimum absolute atomic E-state index is 0.622. The number of aromatic nitrogens is 1. The Hall–Kier alpha value is -7.23. The van der Waals surface area contributed by atoms with Crippen LogP contribution >= 0.6 is 0 Å². The fourth-order valence-corrected chi connectivity index (χ4v) is 7.49. The Labute approximate surface area is 314 Å². The molecule has 0 bridgehead atoms. The maximum Gasteiger partial charge on any atom is 0.227 e. The van der Waals surface area contributed by atoms with E-state index >= 15 is 0 Å². The number of para-hydroxylation sites is 1. The van der Waals surface area contributed by atoms with Crippen molar-refractivity contribution in [2.24, 2.45) is 0 Å². The molecule has 0 radical (unpaired) electrons. The lowest BCUT2D eigenvalue weighted by Gasteiger charge is -2.26. The van der Waals surface area contributed by atoms with E-state index in [-0.39, 0.29) is 0 Å². The van der Waals surface area contributed by atoms with Crippen LogP contribution in [0.15, 0.2) is 211 Å². The molecule has 0 aliphatic heterocycles. The molecule has 254 valence electrons. The Morgan fingerprint density at radius 1 is 0.333 bits per heavy atom. The predicted molar refractivity (Wildman–Crippen MR) is 225 cm³/mol. The standard InChI is InChI=1S/C51H34N2O/c1-2-10-35(11-3-1)42-16-8-17-47(34-42)53(45-28-24-38(25-29-45)43-22-20-36-12-4-6-14-40(36)32-43)46-30-26-39(27-31-46)48-18-9-19-49-50(48)54-51(52-49)44-23-21-37-13-5-7-15-41(37)33-44/h1-34H. The Morgan fingerprint density at radius 2 is 0.852 bits per heavy atom. The van der Waals surface area contributed by atoms with Crippen LogP contribution in [0.2, 0.25) is 0 Å². The van der Waals surface area contributed by atoms with Gasteiger partial charge in [0.05, 0.1) is 0 Å². The van der Waals surface area contributed by atoms with E-state index < -0.39 is 0 Å². The van der Waals surface area contributed by atoms with Crippen LogP contribution in [0.5, 0.6) is 0 Å². The molecular formula is C51H34N2O. The number of nitrogens with zero attached hydrogens (tertiary/aromatic N) is 2. The average Bonchev–Trinajstić information content (AvgIpc) is 3.70. The average molecular weight is 691 g/mol. The van der Waals surface area contributed by atoms with Crippen LogP contribution in [-0.2, 0) is 0 Å². The zero-order valence-electron chi connectivity index (χ0n) is 29.4. The van der Waals surface area contributed by atoms with Crippen LogP contribution in [0.1, 0.15) is 0 Å². The van der Waals surface area contributed by atoms with Gasteiger partial charge in [0.2, 0.25) is 5.89 Å². The van der Waals surface area contributed by atoms with Crippen molar-refractivity contribution in [3.8, 4) is 44.8 Å². The minimum Gasteiger partial charge on any atom is -0.435 e. The Balaban J connectivity index is 1.03. The zero-order chi connectivity index (χ0) is 35.8. The molecule has 0 unspecified atom stereocenters. The molecule has 10 aromatic rings. The summed E-state index contributed by atoms with van der Waals surface area (Å²) in [5.41, 5.74) is 12.6. The highest BCUT2D eigenvalue weighted by molar-refractivity contribution is 5.94. The monoisotopic (exact) mass is 690 g/mol. The van der Waals surface area contributed by atoms with E-state index in [9.17, 15) is 0 Å². The van der Waals surface area contributed by atoms with Gasteiger partial charge in [0.15, 0.2) is 5.58 Å². The molecule has 10 rings (SSSR count). The van der Waals surface area contributed by atoms with Gasteiger partial charge in [-0.15, -0.1) is 0 Å². The molecule has 0 aliphatic carbocycles.